The van der Waals surface area contributed by atoms with Crippen LogP contribution in [0.3, 0.4) is 0 Å². The van der Waals surface area contributed by atoms with E-state index in [1.807, 2.05) is 25.3 Å². The van der Waals surface area contributed by atoms with Crippen LogP contribution in [0.4, 0.5) is 22.0 Å². The number of likely N-dealkylation sites (tertiary alicyclic amines) is 1. The highest BCUT2D eigenvalue weighted by Crippen LogP contribution is 2.60. The van der Waals surface area contributed by atoms with E-state index in [4.69, 9.17) is 9.47 Å². The molecule has 10 heteroatoms. The van der Waals surface area contributed by atoms with E-state index in [2.05, 4.69) is 14.9 Å². The topological polar surface area (TPSA) is 50.4 Å². The summed E-state index contributed by atoms with van der Waals surface area (Å²) in [5.41, 5.74) is 3.12. The number of ether oxygens (including phenoxy) is 2. The highest BCUT2D eigenvalue weighted by molar-refractivity contribution is 5.88. The molecular weight excluding hydrogens is 517 g/mol. The van der Waals surface area contributed by atoms with Crippen molar-refractivity contribution in [1.29, 1.82) is 0 Å². The minimum absolute atomic E-state index is 0.0213. The number of aromatic amines is 1. The SMILES string of the molecule is COc1cc(C)c2[nH]ccc2c1CN1CCC2(CC1c1cnc(OCC3CC(F)(F)C3)c(F)c1)CC(F)(F)C2. The lowest BCUT2D eigenvalue weighted by atomic mass is 9.59. The highest BCUT2D eigenvalue weighted by atomic mass is 19.3. The number of methoxy groups -OCH3 is 1. The maximum absolute atomic E-state index is 15.1. The van der Waals surface area contributed by atoms with Crippen molar-refractivity contribution in [2.24, 2.45) is 11.3 Å². The van der Waals surface area contributed by atoms with Crippen LogP contribution in [0, 0.1) is 24.1 Å². The predicted molar refractivity (Wildman–Crippen MR) is 136 cm³/mol. The molecule has 3 heterocycles. The van der Waals surface area contributed by atoms with Gasteiger partial charge in [-0.3, -0.25) is 4.90 Å². The number of hydrogen-bond donors (Lipinski definition) is 1. The second-order valence-corrected chi connectivity index (χ2v) is 11.8. The lowest BCUT2D eigenvalue weighted by Gasteiger charge is -2.54. The number of benzene rings is 1. The van der Waals surface area contributed by atoms with E-state index in [9.17, 15) is 17.6 Å². The van der Waals surface area contributed by atoms with Crippen LogP contribution in [0.25, 0.3) is 10.9 Å². The van der Waals surface area contributed by atoms with Crippen LogP contribution in [0.15, 0.2) is 30.6 Å². The van der Waals surface area contributed by atoms with Gasteiger partial charge in [0.2, 0.25) is 17.7 Å². The van der Waals surface area contributed by atoms with Gasteiger partial charge in [-0.05, 0) is 61.1 Å². The zero-order valence-corrected chi connectivity index (χ0v) is 22.0. The molecule has 1 aromatic carbocycles. The Labute approximate surface area is 223 Å². The summed E-state index contributed by atoms with van der Waals surface area (Å²) < 4.78 is 80.5. The van der Waals surface area contributed by atoms with E-state index < -0.39 is 23.1 Å². The largest absolute Gasteiger partial charge is 0.496 e. The zero-order valence-electron chi connectivity index (χ0n) is 22.0. The molecule has 3 aromatic rings. The zero-order chi connectivity index (χ0) is 27.6. The average Bonchev–Trinajstić information content (AvgIpc) is 3.34. The van der Waals surface area contributed by atoms with Gasteiger partial charge in [0.1, 0.15) is 5.75 Å². The fourth-order valence-corrected chi connectivity index (χ4v) is 6.87. The van der Waals surface area contributed by atoms with Crippen molar-refractivity contribution >= 4 is 10.9 Å². The summed E-state index contributed by atoms with van der Waals surface area (Å²) in [6, 6.07) is 4.99. The first-order valence-electron chi connectivity index (χ1n) is 13.4. The monoisotopic (exact) mass is 549 g/mol. The van der Waals surface area contributed by atoms with Crippen molar-refractivity contribution in [3.8, 4) is 11.6 Å². The van der Waals surface area contributed by atoms with E-state index in [1.54, 1.807) is 7.11 Å². The normalized spacial score (nSPS) is 23.9. The Hall–Kier alpha value is -2.88. The maximum atomic E-state index is 15.1. The van der Waals surface area contributed by atoms with E-state index in [0.29, 0.717) is 31.5 Å². The van der Waals surface area contributed by atoms with Gasteiger partial charge in [-0.15, -0.1) is 0 Å². The molecule has 0 amide bonds. The Kier molecular flexibility index (Phi) is 6.32. The van der Waals surface area contributed by atoms with Crippen molar-refractivity contribution in [2.45, 2.75) is 69.9 Å². The molecule has 210 valence electrons. The Morgan fingerprint density at radius 3 is 2.54 bits per heavy atom. The number of hydrogen-bond acceptors (Lipinski definition) is 4. The fraction of sp³-hybridized carbons (Fsp3) is 0.552. The van der Waals surface area contributed by atoms with Crippen LogP contribution in [-0.4, -0.2) is 47.0 Å². The number of aromatic nitrogens is 2. The van der Waals surface area contributed by atoms with Gasteiger partial charge in [-0.2, -0.15) is 0 Å². The van der Waals surface area contributed by atoms with E-state index >= 15 is 4.39 Å². The predicted octanol–water partition coefficient (Wildman–Crippen LogP) is 7.20. The second-order valence-electron chi connectivity index (χ2n) is 11.8. The Balaban J connectivity index is 1.27. The molecule has 1 spiro atoms. The minimum Gasteiger partial charge on any atom is -0.496 e. The number of piperidine rings is 1. The first kappa shape index (κ1) is 26.3. The van der Waals surface area contributed by atoms with E-state index in [0.717, 1.165) is 27.8 Å². The van der Waals surface area contributed by atoms with Crippen molar-refractivity contribution in [1.82, 2.24) is 14.9 Å². The third kappa shape index (κ3) is 4.96. The molecule has 5 nitrogen and oxygen atoms in total. The quantitative estimate of drug-likeness (QED) is 0.317. The number of pyridine rings is 1. The maximum Gasteiger partial charge on any atom is 0.250 e. The number of fused-ring (bicyclic) bond motifs is 1. The van der Waals surface area contributed by atoms with E-state index in [-0.39, 0.29) is 50.1 Å². The minimum atomic E-state index is -2.67. The molecule has 1 atom stereocenters. The van der Waals surface area contributed by atoms with Crippen molar-refractivity contribution in [3.63, 3.8) is 0 Å². The number of nitrogens with zero attached hydrogens (tertiary/aromatic N) is 2. The molecule has 2 aliphatic carbocycles. The second kappa shape index (κ2) is 9.35. The molecule has 39 heavy (non-hydrogen) atoms. The smallest absolute Gasteiger partial charge is 0.250 e. The number of alkyl halides is 4. The van der Waals surface area contributed by atoms with E-state index in [1.165, 1.54) is 12.3 Å². The summed E-state index contributed by atoms with van der Waals surface area (Å²) in [4.78, 5) is 9.64. The highest BCUT2D eigenvalue weighted by Gasteiger charge is 2.58. The molecular formula is C29H32F5N3O2. The number of aryl methyl sites for hydroxylation is 1. The molecule has 0 radical (unpaired) electrons. The standard InChI is InChI=1S/C29H32F5N3O2/c1-17-7-24(38-2)21(20-3-5-35-25(17)20)13-37-6-4-27(15-29(33,34)16-27)11-23(37)19-8-22(30)26(36-12-19)39-14-18-9-28(31,32)10-18/h3,5,7-8,12,18,23,35H,4,6,9-11,13-16H2,1-2H3. The number of H-pyrrole nitrogens is 1. The summed E-state index contributed by atoms with van der Waals surface area (Å²) in [6.07, 6.45) is 3.63. The Bertz CT molecular complexity index is 1370. The molecule has 1 N–H and O–H groups in total. The Morgan fingerprint density at radius 1 is 1.10 bits per heavy atom. The summed E-state index contributed by atoms with van der Waals surface area (Å²) >= 11 is 0. The summed E-state index contributed by atoms with van der Waals surface area (Å²) in [6.45, 7) is 3.04. The summed E-state index contributed by atoms with van der Waals surface area (Å²) in [7, 11) is 1.62. The van der Waals surface area contributed by atoms with Crippen LogP contribution < -0.4 is 9.47 Å². The molecule has 2 aromatic heterocycles. The first-order valence-corrected chi connectivity index (χ1v) is 13.4. The molecule has 2 saturated carbocycles. The van der Waals surface area contributed by atoms with Crippen molar-refractivity contribution in [3.05, 3.63) is 53.1 Å². The lowest BCUT2D eigenvalue weighted by molar-refractivity contribution is -0.186. The average molecular weight is 550 g/mol. The Morgan fingerprint density at radius 2 is 1.87 bits per heavy atom. The van der Waals surface area contributed by atoms with Gasteiger partial charge in [0.25, 0.3) is 0 Å². The van der Waals surface area contributed by atoms with Gasteiger partial charge in [0.15, 0.2) is 5.82 Å². The van der Waals surface area contributed by atoms with Crippen LogP contribution in [0.1, 0.15) is 61.3 Å². The lowest BCUT2D eigenvalue weighted by Crippen LogP contribution is -2.53. The molecule has 3 fully saturated rings. The van der Waals surface area contributed by atoms with Gasteiger partial charge in [0.05, 0.1) is 13.7 Å². The first-order chi connectivity index (χ1) is 18.5. The van der Waals surface area contributed by atoms with Gasteiger partial charge < -0.3 is 14.5 Å². The molecule has 3 aliphatic rings. The van der Waals surface area contributed by atoms with Crippen LogP contribution >= 0.6 is 0 Å². The van der Waals surface area contributed by atoms with Crippen molar-refractivity contribution in [2.75, 3.05) is 20.3 Å². The third-order valence-corrected chi connectivity index (χ3v) is 8.80. The summed E-state index contributed by atoms with van der Waals surface area (Å²) in [5.74, 6) is -5.83. The number of nitrogens with one attached hydrogen (secondary N) is 1. The number of rotatable bonds is 7. The number of halogens is 5. The molecule has 1 saturated heterocycles. The summed E-state index contributed by atoms with van der Waals surface area (Å²) in [5, 5.41) is 1.02. The van der Waals surface area contributed by atoms with Crippen LogP contribution in [0.2, 0.25) is 0 Å². The van der Waals surface area contributed by atoms with Gasteiger partial charge in [0, 0.05) is 73.0 Å². The van der Waals surface area contributed by atoms with Gasteiger partial charge in [-0.1, -0.05) is 0 Å². The van der Waals surface area contributed by atoms with Crippen molar-refractivity contribution < 1.29 is 31.4 Å². The third-order valence-electron chi connectivity index (χ3n) is 8.80. The van der Waals surface area contributed by atoms with Crippen LogP contribution in [-0.2, 0) is 6.54 Å². The fourth-order valence-electron chi connectivity index (χ4n) is 6.87. The molecule has 6 rings (SSSR count). The molecule has 1 aliphatic heterocycles. The molecule has 0 bridgehead atoms. The van der Waals surface area contributed by atoms with Gasteiger partial charge in [-0.25, -0.2) is 26.9 Å². The molecule has 1 unspecified atom stereocenters. The van der Waals surface area contributed by atoms with Gasteiger partial charge >= 0.3 is 0 Å². The van der Waals surface area contributed by atoms with Crippen LogP contribution in [0.5, 0.6) is 11.6 Å².